The monoisotopic (exact) mass is 392 g/mol. The number of aryl methyl sites for hydroxylation is 1. The van der Waals surface area contributed by atoms with Crippen LogP contribution in [-0.4, -0.2) is 18.1 Å². The van der Waals surface area contributed by atoms with E-state index >= 15 is 0 Å². The van der Waals surface area contributed by atoms with E-state index in [2.05, 4.69) is 6.92 Å². The van der Waals surface area contributed by atoms with Gasteiger partial charge < -0.3 is 9.84 Å². The van der Waals surface area contributed by atoms with Crippen molar-refractivity contribution in [2.45, 2.75) is 63.2 Å². The minimum Gasteiger partial charge on any atom is -0.504 e. The molecule has 0 aromatic heterocycles. The summed E-state index contributed by atoms with van der Waals surface area (Å²) in [6, 6.07) is 11.1. The van der Waals surface area contributed by atoms with E-state index in [-0.39, 0.29) is 11.5 Å². The van der Waals surface area contributed by atoms with E-state index in [4.69, 9.17) is 4.74 Å². The van der Waals surface area contributed by atoms with Gasteiger partial charge in [-0.05, 0) is 42.7 Å². The molecule has 0 aliphatic rings. The van der Waals surface area contributed by atoms with Crippen molar-refractivity contribution in [3.8, 4) is 17.2 Å². The standard InChI is InChI=1S/C21H28O5S/c1-2-3-4-5-6-7-8-10-17-13-15-18(16-14-17)26-21-19(22)11-9-12-20(21)27(23,24)25/h9,11-16,22H,2-8,10H2,1H3,(H,23,24,25). The predicted molar refractivity (Wildman–Crippen MR) is 106 cm³/mol. The van der Waals surface area contributed by atoms with Crippen LogP contribution < -0.4 is 4.74 Å². The van der Waals surface area contributed by atoms with E-state index in [9.17, 15) is 18.1 Å². The first kappa shape index (κ1) is 21.3. The first-order valence-electron chi connectivity index (χ1n) is 9.48. The number of ether oxygens (including phenoxy) is 1. The topological polar surface area (TPSA) is 83.8 Å². The smallest absolute Gasteiger partial charge is 0.298 e. The van der Waals surface area contributed by atoms with Crippen molar-refractivity contribution in [2.75, 3.05) is 0 Å². The minimum absolute atomic E-state index is 0.278. The maximum absolute atomic E-state index is 11.4. The average Bonchev–Trinajstić information content (AvgIpc) is 2.63. The number of para-hydroxylation sites is 1. The van der Waals surface area contributed by atoms with Crippen LogP contribution in [0.5, 0.6) is 17.2 Å². The molecular formula is C21H28O5S. The van der Waals surface area contributed by atoms with E-state index in [0.29, 0.717) is 5.75 Å². The molecule has 0 spiro atoms. The van der Waals surface area contributed by atoms with Crippen molar-refractivity contribution < 1.29 is 22.8 Å². The molecule has 0 radical (unpaired) electrons. The summed E-state index contributed by atoms with van der Waals surface area (Å²) >= 11 is 0. The van der Waals surface area contributed by atoms with Gasteiger partial charge in [0.15, 0.2) is 11.5 Å². The Hall–Kier alpha value is -2.05. The zero-order chi connectivity index (χ0) is 19.7. The zero-order valence-corrected chi connectivity index (χ0v) is 16.5. The SMILES string of the molecule is CCCCCCCCCc1ccc(Oc2c(O)cccc2S(=O)(=O)O)cc1. The van der Waals surface area contributed by atoms with Gasteiger partial charge in [-0.15, -0.1) is 0 Å². The molecule has 5 nitrogen and oxygen atoms in total. The van der Waals surface area contributed by atoms with Gasteiger partial charge >= 0.3 is 0 Å². The van der Waals surface area contributed by atoms with Crippen LogP contribution in [0.4, 0.5) is 0 Å². The lowest BCUT2D eigenvalue weighted by atomic mass is 10.0. The molecule has 0 bridgehead atoms. The summed E-state index contributed by atoms with van der Waals surface area (Å²) in [5, 5.41) is 9.89. The lowest BCUT2D eigenvalue weighted by Gasteiger charge is -2.11. The number of rotatable bonds is 11. The quantitative estimate of drug-likeness (QED) is 0.377. The Bertz CT molecular complexity index is 813. The number of phenols is 1. The summed E-state index contributed by atoms with van der Waals surface area (Å²) in [6.45, 7) is 2.22. The molecule has 6 heteroatoms. The third kappa shape index (κ3) is 6.88. The lowest BCUT2D eigenvalue weighted by molar-refractivity contribution is 0.397. The van der Waals surface area contributed by atoms with Gasteiger partial charge in [0.2, 0.25) is 0 Å². The zero-order valence-electron chi connectivity index (χ0n) is 15.7. The van der Waals surface area contributed by atoms with Crippen LogP contribution in [0.25, 0.3) is 0 Å². The third-order valence-electron chi connectivity index (χ3n) is 4.45. The van der Waals surface area contributed by atoms with Crippen LogP contribution in [0.3, 0.4) is 0 Å². The molecule has 0 unspecified atom stereocenters. The van der Waals surface area contributed by atoms with Gasteiger partial charge in [-0.25, -0.2) is 0 Å². The summed E-state index contributed by atoms with van der Waals surface area (Å²) in [5.41, 5.74) is 1.18. The number of hydrogen-bond donors (Lipinski definition) is 2. The van der Waals surface area contributed by atoms with E-state index in [1.165, 1.54) is 62.3 Å². The molecule has 0 aliphatic heterocycles. The van der Waals surface area contributed by atoms with Gasteiger partial charge in [-0.1, -0.05) is 63.6 Å². The maximum atomic E-state index is 11.4. The summed E-state index contributed by atoms with van der Waals surface area (Å²) < 4.78 is 37.7. The average molecular weight is 393 g/mol. The molecule has 2 rings (SSSR count). The van der Waals surface area contributed by atoms with Crippen LogP contribution in [0.1, 0.15) is 57.4 Å². The van der Waals surface area contributed by atoms with Crippen LogP contribution >= 0.6 is 0 Å². The van der Waals surface area contributed by atoms with E-state index in [1.54, 1.807) is 12.1 Å². The fourth-order valence-corrected chi connectivity index (χ4v) is 3.57. The van der Waals surface area contributed by atoms with Gasteiger partial charge in [0.25, 0.3) is 10.1 Å². The Balaban J connectivity index is 1.91. The summed E-state index contributed by atoms with van der Waals surface area (Å²) in [4.78, 5) is -0.463. The normalized spacial score (nSPS) is 11.5. The maximum Gasteiger partial charge on any atom is 0.298 e. The number of phenolic OH excluding ortho intramolecular Hbond substituents is 1. The molecule has 2 N–H and O–H groups in total. The Morgan fingerprint density at radius 3 is 2.15 bits per heavy atom. The van der Waals surface area contributed by atoms with E-state index in [0.717, 1.165) is 12.8 Å². The van der Waals surface area contributed by atoms with Crippen molar-refractivity contribution >= 4 is 10.1 Å². The van der Waals surface area contributed by atoms with Crippen molar-refractivity contribution in [3.05, 3.63) is 48.0 Å². The van der Waals surface area contributed by atoms with E-state index in [1.807, 2.05) is 12.1 Å². The van der Waals surface area contributed by atoms with Crippen molar-refractivity contribution in [1.29, 1.82) is 0 Å². The number of benzene rings is 2. The molecular weight excluding hydrogens is 364 g/mol. The van der Waals surface area contributed by atoms with Gasteiger partial charge in [0, 0.05) is 0 Å². The highest BCUT2D eigenvalue weighted by Crippen LogP contribution is 2.36. The van der Waals surface area contributed by atoms with Gasteiger partial charge in [-0.2, -0.15) is 8.42 Å². The Morgan fingerprint density at radius 1 is 0.889 bits per heavy atom. The number of unbranched alkanes of at least 4 members (excludes halogenated alkanes) is 6. The van der Waals surface area contributed by atoms with Gasteiger partial charge in [0.1, 0.15) is 10.6 Å². The molecule has 2 aromatic rings. The van der Waals surface area contributed by atoms with Crippen molar-refractivity contribution in [1.82, 2.24) is 0 Å². The molecule has 0 aliphatic carbocycles. The van der Waals surface area contributed by atoms with Crippen molar-refractivity contribution in [3.63, 3.8) is 0 Å². The van der Waals surface area contributed by atoms with Gasteiger partial charge in [-0.3, -0.25) is 4.55 Å². The highest BCUT2D eigenvalue weighted by molar-refractivity contribution is 7.86. The molecule has 0 amide bonds. The minimum atomic E-state index is -4.49. The largest absolute Gasteiger partial charge is 0.504 e. The second-order valence-corrected chi connectivity index (χ2v) is 8.09. The Labute approximate surface area is 161 Å². The fourth-order valence-electron chi connectivity index (χ4n) is 2.94. The Kier molecular flexibility index (Phi) is 8.13. The molecule has 0 atom stereocenters. The van der Waals surface area contributed by atoms with Crippen molar-refractivity contribution in [2.24, 2.45) is 0 Å². The fraction of sp³-hybridized carbons (Fsp3) is 0.429. The lowest BCUT2D eigenvalue weighted by Crippen LogP contribution is -2.01. The highest BCUT2D eigenvalue weighted by Gasteiger charge is 2.20. The number of hydrogen-bond acceptors (Lipinski definition) is 4. The molecule has 148 valence electrons. The summed E-state index contributed by atoms with van der Waals surface area (Å²) in [6.07, 6.45) is 9.82. The third-order valence-corrected chi connectivity index (χ3v) is 5.33. The van der Waals surface area contributed by atoms with Crippen LogP contribution in [0.2, 0.25) is 0 Å². The molecule has 0 heterocycles. The van der Waals surface area contributed by atoms with Crippen LogP contribution in [-0.2, 0) is 16.5 Å². The molecule has 2 aromatic carbocycles. The Morgan fingerprint density at radius 2 is 1.52 bits per heavy atom. The first-order valence-corrected chi connectivity index (χ1v) is 10.9. The first-order chi connectivity index (χ1) is 12.9. The van der Waals surface area contributed by atoms with Crippen LogP contribution in [0.15, 0.2) is 47.4 Å². The molecule has 0 saturated carbocycles. The highest BCUT2D eigenvalue weighted by atomic mass is 32.2. The summed E-state index contributed by atoms with van der Waals surface area (Å²) in [7, 11) is -4.49. The van der Waals surface area contributed by atoms with E-state index < -0.39 is 15.0 Å². The molecule has 0 saturated heterocycles. The van der Waals surface area contributed by atoms with Gasteiger partial charge in [0.05, 0.1) is 0 Å². The predicted octanol–water partition coefficient (Wildman–Crippen LogP) is 5.72. The second-order valence-electron chi connectivity index (χ2n) is 6.70. The number of aromatic hydroxyl groups is 1. The van der Waals surface area contributed by atoms with Crippen LogP contribution in [0, 0.1) is 0 Å². The molecule has 0 fully saturated rings. The summed E-state index contributed by atoms with van der Waals surface area (Å²) in [5.74, 6) is -0.234. The second kappa shape index (κ2) is 10.3. The molecule has 27 heavy (non-hydrogen) atoms.